The molecular formula is C27H27NO4. The average Bonchev–Trinajstić information content (AvgIpc) is 2.82. The number of carbonyl (C=O) groups excluding carboxylic acids is 1. The first-order valence-corrected chi connectivity index (χ1v) is 10.4. The van der Waals surface area contributed by atoms with Gasteiger partial charge in [-0.05, 0) is 68.2 Å². The van der Waals surface area contributed by atoms with Gasteiger partial charge < -0.3 is 14.3 Å². The van der Waals surface area contributed by atoms with E-state index >= 15 is 0 Å². The molecule has 0 aliphatic heterocycles. The summed E-state index contributed by atoms with van der Waals surface area (Å²) in [7, 11) is 2.75. The lowest BCUT2D eigenvalue weighted by Gasteiger charge is -2.23. The Morgan fingerprint density at radius 3 is 2.34 bits per heavy atom. The molecule has 0 amide bonds. The van der Waals surface area contributed by atoms with Crippen LogP contribution in [0.3, 0.4) is 0 Å². The molecule has 164 valence electrons. The molecule has 32 heavy (non-hydrogen) atoms. The number of ether oxygens (including phenoxy) is 2. The minimum Gasteiger partial charge on any atom is -0.489 e. The van der Waals surface area contributed by atoms with Crippen LogP contribution in [0.15, 0.2) is 82.0 Å². The highest BCUT2D eigenvalue weighted by molar-refractivity contribution is 6.43. The number of rotatable bonds is 6. The first-order valence-electron chi connectivity index (χ1n) is 10.4. The van der Waals surface area contributed by atoms with Crippen LogP contribution >= 0.6 is 0 Å². The van der Waals surface area contributed by atoms with E-state index in [1.54, 1.807) is 0 Å². The Balaban J connectivity index is 1.82. The van der Waals surface area contributed by atoms with Gasteiger partial charge in [0.25, 0.3) is 0 Å². The molecule has 0 N–H and O–H groups in total. The van der Waals surface area contributed by atoms with E-state index in [1.165, 1.54) is 25.4 Å². The molecule has 5 heteroatoms. The summed E-state index contributed by atoms with van der Waals surface area (Å²) >= 11 is 0. The number of esters is 1. The van der Waals surface area contributed by atoms with E-state index in [2.05, 4.69) is 30.8 Å². The molecule has 0 atom stereocenters. The van der Waals surface area contributed by atoms with Crippen molar-refractivity contribution in [3.8, 4) is 17.6 Å². The maximum atomic E-state index is 12.3. The molecule has 1 aliphatic carbocycles. The lowest BCUT2D eigenvalue weighted by atomic mass is 9.85. The van der Waals surface area contributed by atoms with Crippen LogP contribution in [0.1, 0.15) is 37.8 Å². The lowest BCUT2D eigenvalue weighted by Crippen LogP contribution is -2.24. The molecule has 0 unspecified atom stereocenters. The van der Waals surface area contributed by atoms with E-state index in [9.17, 15) is 4.79 Å². The molecule has 0 bridgehead atoms. The van der Waals surface area contributed by atoms with Gasteiger partial charge >= 0.3 is 5.97 Å². The summed E-state index contributed by atoms with van der Waals surface area (Å²) in [6.45, 7) is 4.48. The van der Waals surface area contributed by atoms with Gasteiger partial charge in [-0.2, -0.15) is 0 Å². The molecule has 0 aromatic heterocycles. The van der Waals surface area contributed by atoms with E-state index in [0.29, 0.717) is 25.2 Å². The second-order valence-electron chi connectivity index (χ2n) is 7.54. The number of hydrogen-bond acceptors (Lipinski definition) is 5. The van der Waals surface area contributed by atoms with Crippen LogP contribution in [0.2, 0.25) is 0 Å². The highest BCUT2D eigenvalue weighted by Crippen LogP contribution is 2.31. The molecular weight excluding hydrogens is 402 g/mol. The zero-order valence-electron chi connectivity index (χ0n) is 18.9. The van der Waals surface area contributed by atoms with Crippen molar-refractivity contribution in [2.24, 2.45) is 5.16 Å². The zero-order valence-corrected chi connectivity index (χ0v) is 18.9. The fraction of sp³-hybridized carbons (Fsp3) is 0.259. The van der Waals surface area contributed by atoms with E-state index in [0.717, 1.165) is 22.3 Å². The van der Waals surface area contributed by atoms with Crippen molar-refractivity contribution in [3.63, 3.8) is 0 Å². The second-order valence-corrected chi connectivity index (χ2v) is 7.54. The molecule has 0 fully saturated rings. The lowest BCUT2D eigenvalue weighted by molar-refractivity contribution is -0.132. The van der Waals surface area contributed by atoms with Crippen molar-refractivity contribution in [3.05, 3.63) is 88.0 Å². The number of allylic oxidation sites excluding steroid dienone is 2. The molecule has 5 nitrogen and oxygen atoms in total. The van der Waals surface area contributed by atoms with Gasteiger partial charge in [-0.1, -0.05) is 52.4 Å². The fourth-order valence-electron chi connectivity index (χ4n) is 3.41. The predicted octanol–water partition coefficient (Wildman–Crippen LogP) is 5.07. The Hall–Kier alpha value is -3.78. The van der Waals surface area contributed by atoms with Crippen LogP contribution in [0.25, 0.3) is 0 Å². The largest absolute Gasteiger partial charge is 0.489 e. The van der Waals surface area contributed by atoms with Crippen molar-refractivity contribution in [2.45, 2.75) is 26.7 Å². The molecule has 2 aromatic rings. The maximum Gasteiger partial charge on any atom is 0.360 e. The van der Waals surface area contributed by atoms with Gasteiger partial charge in [0.1, 0.15) is 19.5 Å². The third kappa shape index (κ3) is 5.89. The van der Waals surface area contributed by atoms with Gasteiger partial charge in [-0.15, -0.1) is 0 Å². The Morgan fingerprint density at radius 1 is 0.938 bits per heavy atom. The van der Waals surface area contributed by atoms with Gasteiger partial charge in [0.2, 0.25) is 0 Å². The SMILES string of the molecule is CO/N=C(\C(=O)OC)C1=C(COc2cccc(C#Cc3ccccc3)c2)CC(C)=C(C)C1. The third-order valence-electron chi connectivity index (χ3n) is 5.30. The van der Waals surface area contributed by atoms with Crippen molar-refractivity contribution in [1.82, 2.24) is 0 Å². The van der Waals surface area contributed by atoms with E-state index in [-0.39, 0.29) is 5.71 Å². The Morgan fingerprint density at radius 2 is 1.62 bits per heavy atom. The molecule has 0 saturated carbocycles. The van der Waals surface area contributed by atoms with Crippen LogP contribution in [0.5, 0.6) is 5.75 Å². The minimum absolute atomic E-state index is 0.183. The Bertz CT molecular complexity index is 1130. The number of oxime groups is 1. The Labute approximate surface area is 189 Å². The van der Waals surface area contributed by atoms with Gasteiger partial charge in [0.15, 0.2) is 5.71 Å². The molecule has 0 spiro atoms. The Kier molecular flexibility index (Phi) is 7.88. The number of carbonyl (C=O) groups is 1. The van der Waals surface area contributed by atoms with Gasteiger partial charge in [0.05, 0.1) is 7.11 Å². The maximum absolute atomic E-state index is 12.3. The summed E-state index contributed by atoms with van der Waals surface area (Å²) in [6, 6.07) is 17.5. The normalized spacial score (nSPS) is 13.9. The van der Waals surface area contributed by atoms with Crippen molar-refractivity contribution >= 4 is 11.7 Å². The van der Waals surface area contributed by atoms with Crippen molar-refractivity contribution in [1.29, 1.82) is 0 Å². The zero-order chi connectivity index (χ0) is 22.9. The molecule has 0 heterocycles. The molecule has 1 aliphatic rings. The number of hydrogen-bond donors (Lipinski definition) is 0. The van der Waals surface area contributed by atoms with Crippen LogP contribution in [0.4, 0.5) is 0 Å². The monoisotopic (exact) mass is 429 g/mol. The quantitative estimate of drug-likeness (QED) is 0.212. The summed E-state index contributed by atoms with van der Waals surface area (Å²) in [4.78, 5) is 17.2. The first kappa shape index (κ1) is 22.9. The van der Waals surface area contributed by atoms with Crippen molar-refractivity contribution in [2.75, 3.05) is 20.8 Å². The van der Waals surface area contributed by atoms with E-state index < -0.39 is 5.97 Å². The topological polar surface area (TPSA) is 57.1 Å². The molecule has 2 aromatic carbocycles. The number of methoxy groups -OCH3 is 1. The number of benzene rings is 2. The summed E-state index contributed by atoms with van der Waals surface area (Å²) in [5.41, 5.74) is 6.25. The van der Waals surface area contributed by atoms with Crippen LogP contribution in [-0.2, 0) is 14.4 Å². The predicted molar refractivity (Wildman–Crippen MR) is 125 cm³/mol. The summed E-state index contributed by atoms with van der Waals surface area (Å²) in [6.07, 6.45) is 1.30. The molecule has 0 saturated heterocycles. The third-order valence-corrected chi connectivity index (χ3v) is 5.30. The summed E-state index contributed by atoms with van der Waals surface area (Å²) < 4.78 is 11.0. The minimum atomic E-state index is -0.523. The van der Waals surface area contributed by atoms with Crippen LogP contribution in [0, 0.1) is 11.8 Å². The summed E-state index contributed by atoms with van der Waals surface area (Å²) in [5, 5.41) is 3.94. The summed E-state index contributed by atoms with van der Waals surface area (Å²) in [5.74, 6) is 6.52. The molecule has 0 radical (unpaired) electrons. The number of nitrogens with zero attached hydrogens (tertiary/aromatic N) is 1. The van der Waals surface area contributed by atoms with Gasteiger partial charge in [-0.3, -0.25) is 0 Å². The van der Waals surface area contributed by atoms with Crippen LogP contribution in [-0.4, -0.2) is 32.5 Å². The first-order chi connectivity index (χ1) is 15.5. The average molecular weight is 430 g/mol. The van der Waals surface area contributed by atoms with Gasteiger partial charge in [0, 0.05) is 11.1 Å². The van der Waals surface area contributed by atoms with E-state index in [1.807, 2.05) is 54.6 Å². The molecule has 3 rings (SSSR count). The second kappa shape index (κ2) is 11.0. The highest BCUT2D eigenvalue weighted by atomic mass is 16.6. The smallest absolute Gasteiger partial charge is 0.360 e. The van der Waals surface area contributed by atoms with Gasteiger partial charge in [-0.25, -0.2) is 4.79 Å². The standard InChI is InChI=1S/C27H27NO4/c1-19-15-23(25(16-20(19)2)26(28-31-4)27(29)30-3)18-32-24-12-8-11-22(17-24)14-13-21-9-6-5-7-10-21/h5-12,17H,15-16,18H2,1-4H3/b28-26-. The van der Waals surface area contributed by atoms with Crippen molar-refractivity contribution < 1.29 is 19.1 Å². The van der Waals surface area contributed by atoms with E-state index in [4.69, 9.17) is 14.3 Å². The highest BCUT2D eigenvalue weighted by Gasteiger charge is 2.26. The van der Waals surface area contributed by atoms with Crippen LogP contribution < -0.4 is 4.74 Å². The fourth-order valence-corrected chi connectivity index (χ4v) is 3.41.